The van der Waals surface area contributed by atoms with E-state index in [1.807, 2.05) is 6.92 Å². The molecule has 1 heterocycles. The van der Waals surface area contributed by atoms with Gasteiger partial charge in [-0.3, -0.25) is 0 Å². The van der Waals surface area contributed by atoms with E-state index in [9.17, 15) is 0 Å². The first-order chi connectivity index (χ1) is 7.20. The van der Waals surface area contributed by atoms with Gasteiger partial charge in [0, 0.05) is 5.57 Å². The number of aliphatic hydroxyl groups excluding tert-OH is 1. The second-order valence-corrected chi connectivity index (χ2v) is 3.87. The van der Waals surface area contributed by atoms with Gasteiger partial charge in [0.1, 0.15) is 11.5 Å². The van der Waals surface area contributed by atoms with Gasteiger partial charge in [0.05, 0.1) is 6.61 Å². The van der Waals surface area contributed by atoms with E-state index >= 15 is 0 Å². The molecule has 0 bridgehead atoms. The Bertz CT molecular complexity index is 427. The first kappa shape index (κ1) is 10.2. The summed E-state index contributed by atoms with van der Waals surface area (Å²) in [5.74, 6) is 1.32. The van der Waals surface area contributed by atoms with Crippen LogP contribution in [0, 0.1) is 6.92 Å². The Morgan fingerprint density at radius 1 is 1.47 bits per heavy atom. The van der Waals surface area contributed by atoms with Crippen molar-refractivity contribution in [3.8, 4) is 0 Å². The molecule has 1 aromatic heterocycles. The van der Waals surface area contributed by atoms with Crippen molar-refractivity contribution in [1.29, 1.82) is 0 Å². The molecule has 1 aliphatic carbocycles. The Hall–Kier alpha value is -1.35. The summed E-state index contributed by atoms with van der Waals surface area (Å²) >= 11 is 0. The Balaban J connectivity index is 2.34. The minimum absolute atomic E-state index is 0.0642. The topological polar surface area (TPSA) is 46.3 Å². The molecule has 1 aromatic rings. The van der Waals surface area contributed by atoms with E-state index in [0.29, 0.717) is 17.3 Å². The molecule has 0 aliphatic heterocycles. The van der Waals surface area contributed by atoms with Gasteiger partial charge < -0.3 is 9.52 Å². The van der Waals surface area contributed by atoms with Crippen LogP contribution in [0.2, 0.25) is 0 Å². The van der Waals surface area contributed by atoms with Crippen molar-refractivity contribution in [1.82, 2.24) is 4.98 Å². The van der Waals surface area contributed by atoms with Crippen molar-refractivity contribution in [2.45, 2.75) is 33.3 Å². The molecule has 80 valence electrons. The van der Waals surface area contributed by atoms with Crippen LogP contribution in [0.5, 0.6) is 0 Å². The summed E-state index contributed by atoms with van der Waals surface area (Å²) in [5, 5.41) is 9.02. The highest BCUT2D eigenvalue weighted by atomic mass is 16.4. The van der Waals surface area contributed by atoms with E-state index in [4.69, 9.17) is 9.52 Å². The number of allylic oxidation sites excluding steroid dienone is 4. The maximum Gasteiger partial charge on any atom is 0.226 e. The Labute approximate surface area is 89.1 Å². The quantitative estimate of drug-likeness (QED) is 0.807. The van der Waals surface area contributed by atoms with Gasteiger partial charge >= 0.3 is 0 Å². The number of aryl methyl sites for hydroxylation is 1. The van der Waals surface area contributed by atoms with Crippen LogP contribution >= 0.6 is 0 Å². The van der Waals surface area contributed by atoms with Gasteiger partial charge in [-0.05, 0) is 26.7 Å². The monoisotopic (exact) mass is 205 g/mol. The van der Waals surface area contributed by atoms with Crippen LogP contribution in [-0.2, 0) is 6.61 Å². The predicted octanol–water partition coefficient (Wildman–Crippen LogP) is 2.60. The van der Waals surface area contributed by atoms with Gasteiger partial charge in [-0.1, -0.05) is 17.7 Å². The zero-order valence-corrected chi connectivity index (χ0v) is 9.08. The molecule has 0 saturated heterocycles. The molecule has 0 spiro atoms. The average molecular weight is 205 g/mol. The number of aromatic nitrogens is 1. The Morgan fingerprint density at radius 2 is 2.27 bits per heavy atom. The summed E-state index contributed by atoms with van der Waals surface area (Å²) in [7, 11) is 0. The molecule has 2 rings (SSSR count). The van der Waals surface area contributed by atoms with Gasteiger partial charge in [-0.2, -0.15) is 0 Å². The van der Waals surface area contributed by atoms with Crippen molar-refractivity contribution in [2.75, 3.05) is 0 Å². The third kappa shape index (κ3) is 2.02. The molecule has 0 fully saturated rings. The summed E-state index contributed by atoms with van der Waals surface area (Å²) in [6.07, 6.45) is 6.36. The fraction of sp³-hybridized carbons (Fsp3) is 0.417. The normalized spacial score (nSPS) is 16.2. The molecule has 0 unspecified atom stereocenters. The second kappa shape index (κ2) is 4.03. The fourth-order valence-electron chi connectivity index (χ4n) is 1.70. The van der Waals surface area contributed by atoms with Crippen molar-refractivity contribution in [3.63, 3.8) is 0 Å². The molecule has 0 radical (unpaired) electrons. The number of hydrogen-bond donors (Lipinski definition) is 1. The van der Waals surface area contributed by atoms with Crippen molar-refractivity contribution in [2.24, 2.45) is 0 Å². The average Bonchev–Trinajstić information content (AvgIpc) is 2.60. The van der Waals surface area contributed by atoms with Gasteiger partial charge in [0.2, 0.25) is 5.89 Å². The first-order valence-corrected chi connectivity index (χ1v) is 5.15. The van der Waals surface area contributed by atoms with Crippen LogP contribution in [0.4, 0.5) is 0 Å². The van der Waals surface area contributed by atoms with E-state index in [0.717, 1.165) is 18.4 Å². The molecule has 0 saturated carbocycles. The minimum atomic E-state index is -0.0642. The molecule has 3 nitrogen and oxygen atoms in total. The van der Waals surface area contributed by atoms with Crippen molar-refractivity contribution in [3.05, 3.63) is 35.1 Å². The van der Waals surface area contributed by atoms with Crippen LogP contribution in [0.1, 0.15) is 37.1 Å². The van der Waals surface area contributed by atoms with E-state index in [1.165, 1.54) is 5.57 Å². The highest BCUT2D eigenvalue weighted by Crippen LogP contribution is 2.25. The highest BCUT2D eigenvalue weighted by molar-refractivity contribution is 5.70. The van der Waals surface area contributed by atoms with Crippen molar-refractivity contribution < 1.29 is 9.52 Å². The first-order valence-electron chi connectivity index (χ1n) is 5.15. The van der Waals surface area contributed by atoms with E-state index < -0.39 is 0 Å². The van der Waals surface area contributed by atoms with Gasteiger partial charge in [0.15, 0.2) is 0 Å². The molecule has 15 heavy (non-hydrogen) atoms. The zero-order chi connectivity index (χ0) is 10.8. The number of aliphatic hydroxyl groups is 1. The molecule has 0 amide bonds. The van der Waals surface area contributed by atoms with E-state index in [1.54, 1.807) is 0 Å². The van der Waals surface area contributed by atoms with Crippen molar-refractivity contribution >= 4 is 5.57 Å². The van der Waals surface area contributed by atoms with Gasteiger partial charge in [0.25, 0.3) is 0 Å². The number of oxazole rings is 1. The molecule has 1 aliphatic rings. The van der Waals surface area contributed by atoms with Crippen LogP contribution in [0.3, 0.4) is 0 Å². The van der Waals surface area contributed by atoms with Crippen LogP contribution in [0.15, 0.2) is 22.1 Å². The van der Waals surface area contributed by atoms with Crippen LogP contribution in [0.25, 0.3) is 5.57 Å². The summed E-state index contributed by atoms with van der Waals surface area (Å²) < 4.78 is 5.51. The van der Waals surface area contributed by atoms with Gasteiger partial charge in [-0.25, -0.2) is 4.98 Å². The minimum Gasteiger partial charge on any atom is -0.441 e. The number of nitrogens with zero attached hydrogens (tertiary/aromatic N) is 1. The molecule has 1 N–H and O–H groups in total. The highest BCUT2D eigenvalue weighted by Gasteiger charge is 2.13. The summed E-state index contributed by atoms with van der Waals surface area (Å²) in [4.78, 5) is 4.26. The lowest BCUT2D eigenvalue weighted by Crippen LogP contribution is -1.91. The fourth-order valence-corrected chi connectivity index (χ4v) is 1.70. The molecular formula is C12H15NO2. The molecule has 0 atom stereocenters. The molecular weight excluding hydrogens is 190 g/mol. The maximum atomic E-state index is 9.02. The lowest BCUT2D eigenvalue weighted by Gasteiger charge is -2.06. The lowest BCUT2D eigenvalue weighted by atomic mass is 10.0. The van der Waals surface area contributed by atoms with Crippen LogP contribution in [-0.4, -0.2) is 10.1 Å². The summed E-state index contributed by atoms with van der Waals surface area (Å²) in [6, 6.07) is 0. The number of hydrogen-bond acceptors (Lipinski definition) is 3. The lowest BCUT2D eigenvalue weighted by molar-refractivity contribution is 0.275. The SMILES string of the molecule is CC1=CC(c2nc(CO)c(C)o2)=CCC1. The third-order valence-electron chi connectivity index (χ3n) is 2.59. The summed E-state index contributed by atoms with van der Waals surface area (Å²) in [5.41, 5.74) is 3.00. The predicted molar refractivity (Wildman–Crippen MR) is 58.1 cm³/mol. The largest absolute Gasteiger partial charge is 0.441 e. The molecule has 0 aromatic carbocycles. The van der Waals surface area contributed by atoms with Gasteiger partial charge in [-0.15, -0.1) is 0 Å². The summed E-state index contributed by atoms with van der Waals surface area (Å²) in [6.45, 7) is 3.86. The van der Waals surface area contributed by atoms with E-state index in [-0.39, 0.29) is 6.61 Å². The van der Waals surface area contributed by atoms with Crippen LogP contribution < -0.4 is 0 Å². The Morgan fingerprint density at radius 3 is 2.87 bits per heavy atom. The second-order valence-electron chi connectivity index (χ2n) is 3.87. The zero-order valence-electron chi connectivity index (χ0n) is 9.08. The Kier molecular flexibility index (Phi) is 2.73. The smallest absolute Gasteiger partial charge is 0.226 e. The third-order valence-corrected chi connectivity index (χ3v) is 2.59. The standard InChI is InChI=1S/C12H15NO2/c1-8-4-3-5-10(6-8)12-13-11(7-14)9(2)15-12/h5-6,14H,3-4,7H2,1-2H3. The molecule has 3 heteroatoms. The number of rotatable bonds is 2. The maximum absolute atomic E-state index is 9.02. The van der Waals surface area contributed by atoms with E-state index in [2.05, 4.69) is 24.1 Å².